The Morgan fingerprint density at radius 2 is 1.07 bits per heavy atom. The monoisotopic (exact) mass is 251 g/mol. The molecule has 1 fully saturated rings. The van der Waals surface area contributed by atoms with Crippen LogP contribution in [0.15, 0.2) is 0 Å². The molecule has 0 saturated carbocycles. The summed E-state index contributed by atoms with van der Waals surface area (Å²) in [5, 5.41) is 0. The van der Waals surface area contributed by atoms with Gasteiger partial charge in [-0.25, -0.2) is 0 Å². The van der Waals surface area contributed by atoms with E-state index in [9.17, 15) is 0 Å². The van der Waals surface area contributed by atoms with E-state index < -0.39 is 25.8 Å². The molecule has 1 aliphatic rings. The summed E-state index contributed by atoms with van der Waals surface area (Å²) in [6.45, 7) is 10.5. The zero-order valence-corrected chi connectivity index (χ0v) is 13.2. The maximum atomic E-state index is 6.05. The van der Waals surface area contributed by atoms with E-state index in [1.165, 1.54) is 0 Å². The molecule has 0 aliphatic carbocycles. The van der Waals surface area contributed by atoms with Crippen molar-refractivity contribution >= 4 is 25.8 Å². The Morgan fingerprint density at radius 3 is 1.36 bits per heavy atom. The Hall–Kier alpha value is 0.491. The van der Waals surface area contributed by atoms with E-state index in [-0.39, 0.29) is 0 Å². The van der Waals surface area contributed by atoms with Gasteiger partial charge in [0, 0.05) is 0 Å². The van der Waals surface area contributed by atoms with Gasteiger partial charge in [-0.1, -0.05) is 0 Å². The van der Waals surface area contributed by atoms with E-state index in [1.807, 2.05) is 14.1 Å². The molecule has 0 atom stereocenters. The maximum absolute atomic E-state index is 6.05. The molecule has 1 rings (SSSR count). The third-order valence-corrected chi connectivity index (χ3v) is 14.7. The van der Waals surface area contributed by atoms with Gasteiger partial charge in [-0.15, -0.1) is 0 Å². The summed E-state index contributed by atoms with van der Waals surface area (Å²) in [5.41, 5.74) is 0. The highest BCUT2D eigenvalue weighted by Gasteiger charge is 2.54. The quantitative estimate of drug-likeness (QED) is 0.662. The topological polar surface area (TPSA) is 30.9 Å². The summed E-state index contributed by atoms with van der Waals surface area (Å²) in [6.07, 6.45) is 0. The minimum absolute atomic E-state index is 1.97. The average Bonchev–Trinajstić information content (AvgIpc) is 1.76. The minimum atomic E-state index is -2.15. The molecule has 1 heterocycles. The van der Waals surface area contributed by atoms with Crippen molar-refractivity contribution in [2.45, 2.75) is 32.7 Å². The van der Waals surface area contributed by atoms with Gasteiger partial charge >= 0.3 is 25.8 Å². The highest BCUT2D eigenvalue weighted by molar-refractivity contribution is 6.91. The highest BCUT2D eigenvalue weighted by atomic mass is 28.5. The summed E-state index contributed by atoms with van der Waals surface area (Å²) in [7, 11) is -2.05. The summed E-state index contributed by atoms with van der Waals surface area (Å²) >= 11 is 0. The molecule has 0 aromatic carbocycles. The van der Waals surface area contributed by atoms with Crippen LogP contribution in [0.1, 0.15) is 0 Å². The van der Waals surface area contributed by atoms with Crippen LogP contribution < -0.4 is 0 Å². The van der Waals surface area contributed by atoms with Crippen LogP contribution in [0.5, 0.6) is 0 Å². The standard InChI is InChI=1S/C7H21NO3Si3/c1-8(2)14(7)10-12(3,4)9-13(5,6)11-14/h1-7H3. The number of rotatable bonds is 1. The van der Waals surface area contributed by atoms with Gasteiger partial charge in [0.25, 0.3) is 0 Å². The highest BCUT2D eigenvalue weighted by Crippen LogP contribution is 2.30. The van der Waals surface area contributed by atoms with E-state index in [0.29, 0.717) is 0 Å². The fraction of sp³-hybridized carbons (Fsp3) is 1.00. The number of hydrogen-bond donors (Lipinski definition) is 0. The lowest BCUT2D eigenvalue weighted by atomic mass is 11.3. The third-order valence-electron chi connectivity index (χ3n) is 2.17. The summed E-state index contributed by atoms with van der Waals surface area (Å²) in [4.78, 5) is 0. The van der Waals surface area contributed by atoms with E-state index in [0.717, 1.165) is 0 Å². The van der Waals surface area contributed by atoms with Crippen molar-refractivity contribution in [3.05, 3.63) is 0 Å². The lowest BCUT2D eigenvalue weighted by Crippen LogP contribution is -2.70. The van der Waals surface area contributed by atoms with Gasteiger partial charge < -0.3 is 12.3 Å². The largest absolute Gasteiger partial charge is 0.416 e. The molecule has 0 spiro atoms. The molecule has 0 aromatic heterocycles. The Kier molecular flexibility index (Phi) is 3.15. The molecule has 1 aliphatic heterocycles. The molecule has 4 nitrogen and oxygen atoms in total. The van der Waals surface area contributed by atoms with Crippen LogP contribution in [-0.4, -0.2) is 44.5 Å². The Morgan fingerprint density at radius 1 is 0.714 bits per heavy atom. The first-order valence-electron chi connectivity index (χ1n) is 4.84. The van der Waals surface area contributed by atoms with Crippen molar-refractivity contribution in [3.8, 4) is 0 Å². The normalized spacial score (nSPS) is 29.1. The van der Waals surface area contributed by atoms with Gasteiger partial charge in [-0.2, -0.15) is 0 Å². The van der Waals surface area contributed by atoms with Crippen LogP contribution >= 0.6 is 0 Å². The van der Waals surface area contributed by atoms with Crippen molar-refractivity contribution in [1.29, 1.82) is 0 Å². The molecule has 0 radical (unpaired) electrons. The van der Waals surface area contributed by atoms with Gasteiger partial charge in [-0.05, 0) is 46.8 Å². The lowest BCUT2D eigenvalue weighted by Gasteiger charge is -2.49. The van der Waals surface area contributed by atoms with Crippen LogP contribution in [0.25, 0.3) is 0 Å². The molecule has 7 heteroatoms. The first-order valence-corrected chi connectivity index (χ1v) is 12.7. The van der Waals surface area contributed by atoms with E-state index in [4.69, 9.17) is 12.3 Å². The third kappa shape index (κ3) is 2.75. The van der Waals surface area contributed by atoms with Crippen molar-refractivity contribution in [2.75, 3.05) is 14.1 Å². The molecule has 0 N–H and O–H groups in total. The van der Waals surface area contributed by atoms with E-state index in [1.54, 1.807) is 0 Å². The lowest BCUT2D eigenvalue weighted by molar-refractivity contribution is 0.193. The molecule has 0 bridgehead atoms. The SMILES string of the molecule is CN(C)[Si]1(C)O[Si](C)(C)O[Si](C)(C)O1. The second kappa shape index (κ2) is 3.51. The molecular weight excluding hydrogens is 230 g/mol. The van der Waals surface area contributed by atoms with Gasteiger partial charge in [0.15, 0.2) is 0 Å². The van der Waals surface area contributed by atoms with Crippen molar-refractivity contribution in [2.24, 2.45) is 0 Å². The van der Waals surface area contributed by atoms with Crippen LogP contribution in [0.4, 0.5) is 0 Å². The summed E-state index contributed by atoms with van der Waals surface area (Å²) in [5.74, 6) is 0. The second-order valence-corrected chi connectivity index (χ2v) is 15.6. The molecule has 1 saturated heterocycles. The Labute approximate surface area is 90.0 Å². The van der Waals surface area contributed by atoms with Crippen LogP contribution in [0.2, 0.25) is 32.7 Å². The predicted octanol–water partition coefficient (Wildman–Crippen LogP) is 1.58. The molecule has 0 amide bonds. The molecule has 0 unspecified atom stereocenters. The first kappa shape index (κ1) is 12.6. The smallest absolute Gasteiger partial charge is 0.406 e. The van der Waals surface area contributed by atoms with Crippen molar-refractivity contribution in [1.82, 2.24) is 4.57 Å². The van der Waals surface area contributed by atoms with Gasteiger partial charge in [0.05, 0.1) is 0 Å². The maximum Gasteiger partial charge on any atom is 0.406 e. The fourth-order valence-electron chi connectivity index (χ4n) is 1.75. The number of nitrogens with zero attached hydrogens (tertiary/aromatic N) is 1. The first-order chi connectivity index (χ1) is 6.06. The molecular formula is C7H21NO3Si3. The van der Waals surface area contributed by atoms with E-state index >= 15 is 0 Å². The zero-order valence-electron chi connectivity index (χ0n) is 10.2. The summed E-state index contributed by atoms with van der Waals surface area (Å²) < 4.78 is 20.1. The second-order valence-electron chi connectivity index (χ2n) is 4.90. The van der Waals surface area contributed by atoms with Crippen molar-refractivity contribution < 1.29 is 12.3 Å². The van der Waals surface area contributed by atoms with Crippen molar-refractivity contribution in [3.63, 3.8) is 0 Å². The summed E-state index contributed by atoms with van der Waals surface area (Å²) in [6, 6.07) is 0. The van der Waals surface area contributed by atoms with E-state index in [2.05, 4.69) is 37.3 Å². The molecule has 0 aromatic rings. The van der Waals surface area contributed by atoms with Gasteiger partial charge in [0.1, 0.15) is 0 Å². The predicted molar refractivity (Wildman–Crippen MR) is 63.5 cm³/mol. The molecule has 84 valence electrons. The average molecular weight is 252 g/mol. The number of hydrogen-bond acceptors (Lipinski definition) is 4. The van der Waals surface area contributed by atoms with Crippen LogP contribution in [-0.2, 0) is 12.3 Å². The van der Waals surface area contributed by atoms with Gasteiger partial charge in [0.2, 0.25) is 0 Å². The van der Waals surface area contributed by atoms with Crippen LogP contribution in [0.3, 0.4) is 0 Å². The Bertz CT molecular complexity index is 216. The minimum Gasteiger partial charge on any atom is -0.416 e. The fourth-order valence-corrected chi connectivity index (χ4v) is 16.9. The Balaban J connectivity index is 2.92. The van der Waals surface area contributed by atoms with Gasteiger partial charge in [-0.3, -0.25) is 4.57 Å². The van der Waals surface area contributed by atoms with Crippen LogP contribution in [0, 0.1) is 0 Å². The molecule has 14 heavy (non-hydrogen) atoms. The zero-order chi connectivity index (χ0) is 11.2.